The van der Waals surface area contributed by atoms with Gasteiger partial charge in [-0.1, -0.05) is 6.07 Å². The minimum atomic E-state index is -1.61. The van der Waals surface area contributed by atoms with Crippen molar-refractivity contribution in [2.75, 3.05) is 18.1 Å². The van der Waals surface area contributed by atoms with Crippen molar-refractivity contribution in [1.29, 1.82) is 0 Å². The number of benzene rings is 1. The van der Waals surface area contributed by atoms with E-state index in [1.807, 2.05) is 19.9 Å². The fourth-order valence-corrected chi connectivity index (χ4v) is 2.50. The summed E-state index contributed by atoms with van der Waals surface area (Å²) in [5.41, 5.74) is 1.21. The maximum atomic E-state index is 11.7. The summed E-state index contributed by atoms with van der Waals surface area (Å²) < 4.78 is 0. The molecule has 0 spiro atoms. The number of hydrogen-bond acceptors (Lipinski definition) is 7. The zero-order chi connectivity index (χ0) is 19.4. The number of aryl methyl sites for hydroxylation is 2. The molecule has 0 amide bonds. The number of rotatable bonds is 7. The van der Waals surface area contributed by atoms with Gasteiger partial charge in [-0.25, -0.2) is 4.79 Å². The molecule has 1 heterocycles. The molecular weight excluding hydrogens is 342 g/mol. The van der Waals surface area contributed by atoms with Crippen LogP contribution in [0.15, 0.2) is 33.9 Å². The van der Waals surface area contributed by atoms with Crippen LogP contribution in [-0.2, 0) is 0 Å². The zero-order valence-electron chi connectivity index (χ0n) is 14.5. The quantitative estimate of drug-likeness (QED) is 0.364. The summed E-state index contributed by atoms with van der Waals surface area (Å²) in [6, 6.07) is 6.53. The number of nitrogens with zero attached hydrogens (tertiary/aromatic N) is 1. The summed E-state index contributed by atoms with van der Waals surface area (Å²) in [6.07, 6.45) is -4.59. The van der Waals surface area contributed by atoms with Crippen molar-refractivity contribution >= 4 is 11.5 Å². The van der Waals surface area contributed by atoms with Crippen LogP contribution in [0.4, 0.5) is 11.5 Å². The fourth-order valence-electron chi connectivity index (χ4n) is 2.50. The van der Waals surface area contributed by atoms with Gasteiger partial charge in [0.05, 0.1) is 13.2 Å². The molecule has 2 rings (SSSR count). The molecule has 0 radical (unpaired) electrons. The number of aliphatic hydroxyl groups is 4. The van der Waals surface area contributed by atoms with Gasteiger partial charge in [-0.2, -0.15) is 0 Å². The van der Waals surface area contributed by atoms with Gasteiger partial charge in [-0.3, -0.25) is 14.8 Å². The van der Waals surface area contributed by atoms with Gasteiger partial charge in [0, 0.05) is 11.8 Å². The van der Waals surface area contributed by atoms with Gasteiger partial charge in [-0.05, 0) is 37.1 Å². The molecule has 0 aliphatic heterocycles. The molecular formula is C17H23N3O6. The van der Waals surface area contributed by atoms with Crippen molar-refractivity contribution in [3.05, 3.63) is 56.2 Å². The first kappa shape index (κ1) is 19.9. The van der Waals surface area contributed by atoms with E-state index in [1.165, 1.54) is 4.90 Å². The molecule has 9 heteroatoms. The number of hydrogen-bond donors (Lipinski definition) is 6. The van der Waals surface area contributed by atoms with E-state index in [0.29, 0.717) is 5.69 Å². The molecule has 0 bridgehead atoms. The molecule has 0 fully saturated rings. The van der Waals surface area contributed by atoms with Gasteiger partial charge >= 0.3 is 5.69 Å². The van der Waals surface area contributed by atoms with Crippen molar-refractivity contribution < 1.29 is 20.4 Å². The number of aromatic amines is 2. The smallest absolute Gasteiger partial charge is 0.327 e. The van der Waals surface area contributed by atoms with Crippen molar-refractivity contribution in [2.45, 2.75) is 32.2 Å². The third kappa shape index (κ3) is 4.58. The molecule has 1 aromatic carbocycles. The predicted octanol–water partition coefficient (Wildman–Crippen LogP) is -1.11. The first-order valence-electron chi connectivity index (χ1n) is 8.06. The lowest BCUT2D eigenvalue weighted by molar-refractivity contribution is -0.0726. The Bertz CT molecular complexity index is 834. The number of aromatic nitrogens is 2. The van der Waals surface area contributed by atoms with Crippen LogP contribution >= 0.6 is 0 Å². The van der Waals surface area contributed by atoms with Crippen LogP contribution in [-0.4, -0.2) is 61.9 Å². The summed E-state index contributed by atoms with van der Waals surface area (Å²) in [6.45, 7) is 2.86. The number of anilines is 2. The van der Waals surface area contributed by atoms with Crippen molar-refractivity contribution in [3.8, 4) is 0 Å². The second kappa shape index (κ2) is 8.28. The van der Waals surface area contributed by atoms with Gasteiger partial charge in [0.1, 0.15) is 24.1 Å². The van der Waals surface area contributed by atoms with Crippen molar-refractivity contribution in [1.82, 2.24) is 9.97 Å². The normalized spacial score (nSPS) is 14.7. The lowest BCUT2D eigenvalue weighted by Gasteiger charge is -2.30. The van der Waals surface area contributed by atoms with Crippen LogP contribution < -0.4 is 16.1 Å². The second-order valence-corrected chi connectivity index (χ2v) is 6.16. The van der Waals surface area contributed by atoms with Crippen LogP contribution in [0.3, 0.4) is 0 Å². The molecule has 2 aromatic rings. The molecule has 0 aliphatic carbocycles. The van der Waals surface area contributed by atoms with Crippen molar-refractivity contribution in [3.63, 3.8) is 0 Å². The molecule has 26 heavy (non-hydrogen) atoms. The van der Waals surface area contributed by atoms with E-state index < -0.39 is 36.2 Å². The van der Waals surface area contributed by atoms with Gasteiger partial charge < -0.3 is 25.3 Å². The standard InChI is InChI=1S/C17H23N3O6/c1-9-3-4-11(5-10(9)2)20(7-12(22)16(25)13(23)8-21)14-6-15(24)19-17(26)18-14/h3-6,12-13,16,21-23,25H,7-8H2,1-2H3,(H2,18,19,24,26)/t12-,13+,16-/m0/s1. The number of H-pyrrole nitrogens is 2. The van der Waals surface area contributed by atoms with Crippen LogP contribution in [0.2, 0.25) is 0 Å². The summed E-state index contributed by atoms with van der Waals surface area (Å²) in [5.74, 6) is 0.117. The lowest BCUT2D eigenvalue weighted by Crippen LogP contribution is -2.45. The van der Waals surface area contributed by atoms with E-state index in [1.54, 1.807) is 12.1 Å². The SMILES string of the molecule is Cc1ccc(N(C[C@H](O)[C@H](O)[C@H](O)CO)c2cc(=O)[nH]c(=O)[nH]2)cc1C. The van der Waals surface area contributed by atoms with E-state index in [-0.39, 0.29) is 12.4 Å². The van der Waals surface area contributed by atoms with E-state index >= 15 is 0 Å². The predicted molar refractivity (Wildman–Crippen MR) is 95.7 cm³/mol. The highest BCUT2D eigenvalue weighted by molar-refractivity contribution is 5.61. The maximum Gasteiger partial charge on any atom is 0.327 e. The highest BCUT2D eigenvalue weighted by atomic mass is 16.4. The number of aliphatic hydroxyl groups excluding tert-OH is 4. The average Bonchev–Trinajstić information content (AvgIpc) is 2.59. The lowest BCUT2D eigenvalue weighted by atomic mass is 10.1. The number of nitrogens with one attached hydrogen (secondary N) is 2. The summed E-state index contributed by atoms with van der Waals surface area (Å²) in [5, 5.41) is 38.6. The highest BCUT2D eigenvalue weighted by Crippen LogP contribution is 2.25. The van der Waals surface area contributed by atoms with Gasteiger partial charge in [-0.15, -0.1) is 0 Å². The van der Waals surface area contributed by atoms with Gasteiger partial charge in [0.2, 0.25) is 0 Å². The topological polar surface area (TPSA) is 150 Å². The Kier molecular flexibility index (Phi) is 6.32. The first-order valence-corrected chi connectivity index (χ1v) is 8.06. The molecule has 6 N–H and O–H groups in total. The van der Waals surface area contributed by atoms with Gasteiger partial charge in [0.25, 0.3) is 5.56 Å². The van der Waals surface area contributed by atoms with Crippen LogP contribution in [0.5, 0.6) is 0 Å². The van der Waals surface area contributed by atoms with Gasteiger partial charge in [0.15, 0.2) is 0 Å². The Morgan fingerprint density at radius 2 is 1.69 bits per heavy atom. The molecule has 0 unspecified atom stereocenters. The summed E-state index contributed by atoms with van der Waals surface area (Å²) in [7, 11) is 0. The molecule has 0 saturated heterocycles. The van der Waals surface area contributed by atoms with Crippen LogP contribution in [0.25, 0.3) is 0 Å². The molecule has 0 aliphatic rings. The average molecular weight is 365 g/mol. The second-order valence-electron chi connectivity index (χ2n) is 6.16. The molecule has 3 atom stereocenters. The Morgan fingerprint density at radius 3 is 2.27 bits per heavy atom. The van der Waals surface area contributed by atoms with Crippen molar-refractivity contribution in [2.24, 2.45) is 0 Å². The maximum absolute atomic E-state index is 11.7. The first-order chi connectivity index (χ1) is 12.2. The molecule has 9 nitrogen and oxygen atoms in total. The van der Waals surface area contributed by atoms with E-state index in [2.05, 4.69) is 9.97 Å². The Balaban J connectivity index is 2.46. The largest absolute Gasteiger partial charge is 0.394 e. The molecule has 1 aromatic heterocycles. The Labute approximate surface area is 149 Å². The van der Waals surface area contributed by atoms with Crippen LogP contribution in [0, 0.1) is 13.8 Å². The molecule has 0 saturated carbocycles. The highest BCUT2D eigenvalue weighted by Gasteiger charge is 2.27. The minimum Gasteiger partial charge on any atom is -0.394 e. The third-order valence-corrected chi connectivity index (χ3v) is 4.18. The minimum absolute atomic E-state index is 0.117. The third-order valence-electron chi connectivity index (χ3n) is 4.18. The van der Waals surface area contributed by atoms with E-state index in [0.717, 1.165) is 17.2 Å². The monoisotopic (exact) mass is 365 g/mol. The summed E-state index contributed by atoms with van der Waals surface area (Å²) in [4.78, 5) is 29.3. The Hall–Kier alpha value is -2.46. The zero-order valence-corrected chi connectivity index (χ0v) is 14.5. The van der Waals surface area contributed by atoms with E-state index in [9.17, 15) is 24.9 Å². The van der Waals surface area contributed by atoms with E-state index in [4.69, 9.17) is 5.11 Å². The fraction of sp³-hybridized carbons (Fsp3) is 0.412. The molecule has 142 valence electrons. The summed E-state index contributed by atoms with van der Waals surface area (Å²) >= 11 is 0. The van der Waals surface area contributed by atoms with Crippen LogP contribution in [0.1, 0.15) is 11.1 Å². The Morgan fingerprint density at radius 1 is 1.00 bits per heavy atom.